The van der Waals surface area contributed by atoms with Gasteiger partial charge in [0.25, 0.3) is 0 Å². The van der Waals surface area contributed by atoms with E-state index in [0.717, 1.165) is 0 Å². The Morgan fingerprint density at radius 2 is 1.28 bits per heavy atom. The predicted octanol–water partition coefficient (Wildman–Crippen LogP) is -6.30. The van der Waals surface area contributed by atoms with Crippen molar-refractivity contribution in [2.45, 2.75) is 98.4 Å². The summed E-state index contributed by atoms with van der Waals surface area (Å²) in [5.74, 6) is 0. The molecule has 3 rings (SSSR count). The van der Waals surface area contributed by atoms with Crippen LogP contribution in [0.1, 0.15) is 12.8 Å². The second kappa shape index (κ2) is 10.8. The third-order valence-electron chi connectivity index (χ3n) is 6.41. The Hall–Kier alpha value is -0.560. The first-order valence-electron chi connectivity index (χ1n) is 10.8. The van der Waals surface area contributed by atoms with Gasteiger partial charge in [-0.25, -0.2) is 0 Å². The SMILES string of the molecule is NC[C@@H]1O[C@@H](O[C@H]2[C@@H](O)[C@H](O[C@@H]3O[C@@H](CO)[C@@H](O)[C@@H](N)[C@@H]3O)[C@H](N)C[C@@H]2N)[C@@H](N)C[C@@H]1O. The first-order valence-corrected chi connectivity index (χ1v) is 10.8. The Bertz CT molecular complexity index is 607. The molecule has 0 aromatic rings. The molecule has 188 valence electrons. The molecular formula is C18H37N5O9. The van der Waals surface area contributed by atoms with Gasteiger partial charge in [0.15, 0.2) is 12.6 Å². The fourth-order valence-corrected chi connectivity index (χ4v) is 4.43. The number of aliphatic hydroxyl groups is 5. The third kappa shape index (κ3) is 5.24. The van der Waals surface area contributed by atoms with Gasteiger partial charge in [0.2, 0.25) is 0 Å². The van der Waals surface area contributed by atoms with Gasteiger partial charge in [0.1, 0.15) is 36.6 Å². The molecule has 2 saturated heterocycles. The molecule has 14 atom stereocenters. The molecule has 1 aliphatic carbocycles. The van der Waals surface area contributed by atoms with Gasteiger partial charge in [0, 0.05) is 18.6 Å². The average molecular weight is 468 g/mol. The van der Waals surface area contributed by atoms with Crippen LogP contribution in [0.25, 0.3) is 0 Å². The fraction of sp³-hybridized carbons (Fsp3) is 1.00. The van der Waals surface area contributed by atoms with Gasteiger partial charge < -0.3 is 73.1 Å². The standard InChI is InChI=1S/C18H37N5O9/c19-3-9-8(25)2-7(22)17(29-9)31-15-5(20)1-6(21)16(14(15)28)32-18-13(27)11(23)12(26)10(4-24)30-18/h5-18,24-28H,1-4,19-23H2/t5-,6+,7-,8-,9-,10-,11+,12+,13-,14+,15+,16+,17-,18-/m0/s1. The lowest BCUT2D eigenvalue weighted by atomic mass is 9.84. The van der Waals surface area contributed by atoms with E-state index >= 15 is 0 Å². The van der Waals surface area contributed by atoms with Gasteiger partial charge in [-0.2, -0.15) is 0 Å². The van der Waals surface area contributed by atoms with Gasteiger partial charge >= 0.3 is 0 Å². The number of ether oxygens (including phenoxy) is 4. The zero-order valence-corrected chi connectivity index (χ0v) is 17.7. The second-order valence-electron chi connectivity index (χ2n) is 8.78. The van der Waals surface area contributed by atoms with E-state index in [0.29, 0.717) is 0 Å². The first-order chi connectivity index (χ1) is 15.1. The Morgan fingerprint density at radius 1 is 0.719 bits per heavy atom. The molecule has 0 amide bonds. The monoisotopic (exact) mass is 467 g/mol. The van der Waals surface area contributed by atoms with Crippen molar-refractivity contribution in [2.24, 2.45) is 28.7 Å². The van der Waals surface area contributed by atoms with Crippen LogP contribution in [0.4, 0.5) is 0 Å². The Balaban J connectivity index is 1.70. The number of rotatable bonds is 6. The number of hydrogen-bond acceptors (Lipinski definition) is 14. The van der Waals surface area contributed by atoms with E-state index in [-0.39, 0.29) is 19.4 Å². The molecule has 1 saturated carbocycles. The highest BCUT2D eigenvalue weighted by Gasteiger charge is 2.50. The number of hydrogen-bond donors (Lipinski definition) is 10. The summed E-state index contributed by atoms with van der Waals surface area (Å²) in [7, 11) is 0. The van der Waals surface area contributed by atoms with Gasteiger partial charge in [0.05, 0.1) is 30.9 Å². The molecule has 14 nitrogen and oxygen atoms in total. The minimum absolute atomic E-state index is 0.0542. The maximum atomic E-state index is 11.0. The van der Waals surface area contributed by atoms with Crippen molar-refractivity contribution in [3.63, 3.8) is 0 Å². The highest BCUT2D eigenvalue weighted by atomic mass is 16.7. The zero-order valence-electron chi connectivity index (χ0n) is 17.7. The summed E-state index contributed by atoms with van der Waals surface area (Å²) < 4.78 is 22.7. The molecule has 2 heterocycles. The van der Waals surface area contributed by atoms with E-state index in [1.54, 1.807) is 0 Å². The Kier molecular flexibility index (Phi) is 8.79. The van der Waals surface area contributed by atoms with Crippen LogP contribution in [0, 0.1) is 0 Å². The molecule has 0 bridgehead atoms. The molecule has 2 aliphatic heterocycles. The van der Waals surface area contributed by atoms with E-state index in [1.807, 2.05) is 0 Å². The molecule has 3 aliphatic rings. The summed E-state index contributed by atoms with van der Waals surface area (Å²) in [6.07, 6.45) is -10.8. The van der Waals surface area contributed by atoms with Gasteiger partial charge in [-0.3, -0.25) is 0 Å². The van der Waals surface area contributed by atoms with Crippen LogP contribution in [0.3, 0.4) is 0 Å². The molecule has 0 aromatic heterocycles. The average Bonchev–Trinajstić information content (AvgIpc) is 2.75. The maximum Gasteiger partial charge on any atom is 0.186 e. The molecule has 0 aromatic carbocycles. The molecule has 0 unspecified atom stereocenters. The topological polar surface area (TPSA) is 268 Å². The van der Waals surface area contributed by atoms with Crippen LogP contribution in [0.15, 0.2) is 0 Å². The largest absolute Gasteiger partial charge is 0.394 e. The van der Waals surface area contributed by atoms with E-state index in [1.165, 1.54) is 0 Å². The first kappa shape index (κ1) is 26.1. The summed E-state index contributed by atoms with van der Waals surface area (Å²) in [6, 6.07) is -3.27. The predicted molar refractivity (Wildman–Crippen MR) is 108 cm³/mol. The fourth-order valence-electron chi connectivity index (χ4n) is 4.43. The molecule has 14 heteroatoms. The summed E-state index contributed by atoms with van der Waals surface area (Å²) in [6.45, 7) is -0.499. The highest BCUT2D eigenvalue weighted by Crippen LogP contribution is 2.30. The maximum absolute atomic E-state index is 11.0. The Labute approximate surface area is 185 Å². The van der Waals surface area contributed by atoms with Crippen LogP contribution in [0.2, 0.25) is 0 Å². The zero-order chi connectivity index (χ0) is 23.7. The molecule has 0 spiro atoms. The molecule has 15 N–H and O–H groups in total. The summed E-state index contributed by atoms with van der Waals surface area (Å²) in [4.78, 5) is 0. The lowest BCUT2D eigenvalue weighted by Crippen LogP contribution is -2.68. The lowest BCUT2D eigenvalue weighted by Gasteiger charge is -2.47. The van der Waals surface area contributed by atoms with E-state index in [4.69, 9.17) is 47.6 Å². The van der Waals surface area contributed by atoms with Crippen molar-refractivity contribution in [2.75, 3.05) is 13.2 Å². The minimum atomic E-state index is -1.44. The number of aliphatic hydroxyl groups excluding tert-OH is 5. The van der Waals surface area contributed by atoms with Gasteiger partial charge in [-0.15, -0.1) is 0 Å². The van der Waals surface area contributed by atoms with E-state index in [9.17, 15) is 25.5 Å². The molecule has 0 radical (unpaired) electrons. The number of nitrogens with two attached hydrogens (primary N) is 5. The van der Waals surface area contributed by atoms with Crippen molar-refractivity contribution in [1.29, 1.82) is 0 Å². The van der Waals surface area contributed by atoms with Crippen molar-refractivity contribution < 1.29 is 44.5 Å². The molecule has 32 heavy (non-hydrogen) atoms. The van der Waals surface area contributed by atoms with Crippen LogP contribution < -0.4 is 28.7 Å². The summed E-state index contributed by atoms with van der Waals surface area (Å²) >= 11 is 0. The lowest BCUT2D eigenvalue weighted by molar-refractivity contribution is -0.314. The van der Waals surface area contributed by atoms with Crippen LogP contribution >= 0.6 is 0 Å². The van der Waals surface area contributed by atoms with Crippen molar-refractivity contribution in [3.8, 4) is 0 Å². The smallest absolute Gasteiger partial charge is 0.186 e. The minimum Gasteiger partial charge on any atom is -0.394 e. The van der Waals surface area contributed by atoms with E-state index in [2.05, 4.69) is 0 Å². The van der Waals surface area contributed by atoms with Crippen molar-refractivity contribution in [3.05, 3.63) is 0 Å². The van der Waals surface area contributed by atoms with Crippen LogP contribution in [-0.4, -0.2) is 124 Å². The van der Waals surface area contributed by atoms with Crippen molar-refractivity contribution in [1.82, 2.24) is 0 Å². The summed E-state index contributed by atoms with van der Waals surface area (Å²) in [5.41, 5.74) is 29.8. The summed E-state index contributed by atoms with van der Waals surface area (Å²) in [5, 5.41) is 50.7. The normalized spacial score (nSPS) is 52.7. The van der Waals surface area contributed by atoms with Gasteiger partial charge in [-0.1, -0.05) is 0 Å². The quantitative estimate of drug-likeness (QED) is 0.174. The van der Waals surface area contributed by atoms with Crippen LogP contribution in [0.5, 0.6) is 0 Å². The highest BCUT2D eigenvalue weighted by molar-refractivity contribution is 5.01. The molecule has 3 fully saturated rings. The van der Waals surface area contributed by atoms with Crippen molar-refractivity contribution >= 4 is 0 Å². The second-order valence-corrected chi connectivity index (χ2v) is 8.78. The molecular weight excluding hydrogens is 430 g/mol. The van der Waals surface area contributed by atoms with Crippen LogP contribution in [-0.2, 0) is 18.9 Å². The van der Waals surface area contributed by atoms with Gasteiger partial charge in [-0.05, 0) is 12.8 Å². The van der Waals surface area contributed by atoms with E-state index < -0.39 is 92.2 Å². The Morgan fingerprint density at radius 3 is 1.84 bits per heavy atom. The third-order valence-corrected chi connectivity index (χ3v) is 6.41.